The molecule has 1 aliphatic heterocycles. The number of aldehydes is 1. The van der Waals surface area contributed by atoms with Gasteiger partial charge in [0.2, 0.25) is 5.91 Å². The molecule has 6 nitrogen and oxygen atoms in total. The predicted molar refractivity (Wildman–Crippen MR) is 71.7 cm³/mol. The molecule has 3 N–H and O–H groups in total. The van der Waals surface area contributed by atoms with E-state index < -0.39 is 6.04 Å². The second-order valence-corrected chi connectivity index (χ2v) is 4.28. The Morgan fingerprint density at radius 3 is 3.21 bits per heavy atom. The summed E-state index contributed by atoms with van der Waals surface area (Å²) in [6.45, 7) is 0.730. The molecular weight excluding hydrogens is 246 g/mol. The van der Waals surface area contributed by atoms with Gasteiger partial charge < -0.3 is 25.2 Å². The largest absolute Gasteiger partial charge is 0.462 e. The van der Waals surface area contributed by atoms with Crippen LogP contribution < -0.4 is 26.6 Å². The molecule has 102 valence electrons. The summed E-state index contributed by atoms with van der Waals surface area (Å²) in [5.41, 5.74) is 1.55. The monoisotopic (exact) mass is 263 g/mol. The lowest BCUT2D eigenvalue weighted by atomic mass is 10.1. The van der Waals surface area contributed by atoms with Crippen molar-refractivity contribution in [1.29, 1.82) is 0 Å². The first-order chi connectivity index (χ1) is 9.24. The summed E-state index contributed by atoms with van der Waals surface area (Å²) in [7, 11) is 1.58. The lowest BCUT2D eigenvalue weighted by molar-refractivity contribution is -0.120. The average molecular weight is 263 g/mol. The van der Waals surface area contributed by atoms with Crippen LogP contribution in [0.15, 0.2) is 10.7 Å². The second kappa shape index (κ2) is 6.08. The number of rotatable bonds is 6. The van der Waals surface area contributed by atoms with E-state index in [1.165, 1.54) is 0 Å². The minimum atomic E-state index is -0.408. The normalized spacial score (nSPS) is 14.2. The van der Waals surface area contributed by atoms with Crippen molar-refractivity contribution in [3.63, 3.8) is 0 Å². The van der Waals surface area contributed by atoms with Gasteiger partial charge >= 0.3 is 0 Å². The Labute approximate surface area is 110 Å². The van der Waals surface area contributed by atoms with Crippen molar-refractivity contribution >= 4 is 30.2 Å². The van der Waals surface area contributed by atoms with Crippen LogP contribution in [0.2, 0.25) is 0 Å². The Hall–Kier alpha value is -2.24. The Kier molecular flexibility index (Phi) is 4.22. The second-order valence-electron chi connectivity index (χ2n) is 4.28. The molecule has 0 radical (unpaired) electrons. The molecule has 0 saturated heterocycles. The fraction of sp³-hybridized carbons (Fsp3) is 0.385. The number of anilines is 1. The summed E-state index contributed by atoms with van der Waals surface area (Å²) >= 11 is 0. The molecule has 1 aromatic rings. The quantitative estimate of drug-likeness (QED) is 0.568. The minimum absolute atomic E-state index is 0.0792. The summed E-state index contributed by atoms with van der Waals surface area (Å²) in [5.74, 6) is -0.0792. The van der Waals surface area contributed by atoms with Crippen molar-refractivity contribution in [2.75, 3.05) is 18.9 Å². The molecule has 0 aromatic carbocycles. The van der Waals surface area contributed by atoms with Crippen LogP contribution in [0.4, 0.5) is 5.69 Å². The molecular formula is C13H17N3O3. The van der Waals surface area contributed by atoms with E-state index >= 15 is 0 Å². The average Bonchev–Trinajstić information content (AvgIpc) is 2.86. The highest BCUT2D eigenvalue weighted by molar-refractivity contribution is 5.76. The molecule has 0 bridgehead atoms. The van der Waals surface area contributed by atoms with E-state index in [9.17, 15) is 9.59 Å². The van der Waals surface area contributed by atoms with Gasteiger partial charge in [-0.3, -0.25) is 4.79 Å². The molecule has 1 atom stereocenters. The van der Waals surface area contributed by atoms with Crippen LogP contribution >= 0.6 is 0 Å². The van der Waals surface area contributed by atoms with Crippen LogP contribution in [0.3, 0.4) is 0 Å². The van der Waals surface area contributed by atoms with E-state index in [2.05, 4.69) is 16.0 Å². The van der Waals surface area contributed by atoms with Gasteiger partial charge in [-0.15, -0.1) is 0 Å². The summed E-state index contributed by atoms with van der Waals surface area (Å²) in [5, 5.41) is 9.60. The highest BCUT2D eigenvalue weighted by atomic mass is 16.3. The standard InChI is InChI=1S/C13H17N3O3/c1-14-13(18)3-2-9(7-17)16-11-8-19-12-4-5-15-6-10(11)12/h4,6-9,15-16H,2-3,5H2,1H3,(H,14,18). The summed E-state index contributed by atoms with van der Waals surface area (Å²) < 4.78 is 5.39. The number of nitrogens with one attached hydrogen (secondary N) is 3. The lowest BCUT2D eigenvalue weighted by Crippen LogP contribution is -2.34. The molecule has 0 spiro atoms. The molecule has 1 aliphatic rings. The van der Waals surface area contributed by atoms with E-state index in [-0.39, 0.29) is 5.91 Å². The Morgan fingerprint density at radius 1 is 1.63 bits per heavy atom. The van der Waals surface area contributed by atoms with Gasteiger partial charge in [0.15, 0.2) is 0 Å². The zero-order chi connectivity index (χ0) is 13.7. The number of fused-ring (bicyclic) bond motifs is 1. The predicted octanol–water partition coefficient (Wildman–Crippen LogP) is -1.09. The van der Waals surface area contributed by atoms with E-state index in [4.69, 9.17) is 4.42 Å². The molecule has 19 heavy (non-hydrogen) atoms. The maximum Gasteiger partial charge on any atom is 0.219 e. The number of furan rings is 1. The third-order valence-corrected chi connectivity index (χ3v) is 2.98. The molecule has 1 unspecified atom stereocenters. The Morgan fingerprint density at radius 2 is 2.47 bits per heavy atom. The van der Waals surface area contributed by atoms with Crippen molar-refractivity contribution in [2.24, 2.45) is 0 Å². The number of carbonyl (C=O) groups excluding carboxylic acids is 2. The maximum atomic E-state index is 11.2. The lowest BCUT2D eigenvalue weighted by Gasteiger charge is -2.12. The first-order valence-electron chi connectivity index (χ1n) is 6.18. The number of hydrogen-bond acceptors (Lipinski definition) is 5. The molecule has 2 heterocycles. The Balaban J connectivity index is 2.05. The molecule has 1 aromatic heterocycles. The zero-order valence-electron chi connectivity index (χ0n) is 10.7. The van der Waals surface area contributed by atoms with Gasteiger partial charge in [-0.1, -0.05) is 0 Å². The first-order valence-corrected chi connectivity index (χ1v) is 6.18. The summed E-state index contributed by atoms with van der Waals surface area (Å²) in [6, 6.07) is -0.408. The highest BCUT2D eigenvalue weighted by Crippen LogP contribution is 2.04. The van der Waals surface area contributed by atoms with Crippen molar-refractivity contribution in [2.45, 2.75) is 18.9 Å². The minimum Gasteiger partial charge on any atom is -0.462 e. The van der Waals surface area contributed by atoms with Gasteiger partial charge in [0.25, 0.3) is 0 Å². The van der Waals surface area contributed by atoms with Crippen LogP contribution in [0, 0.1) is 0 Å². The van der Waals surface area contributed by atoms with Crippen LogP contribution in [0.25, 0.3) is 12.3 Å². The van der Waals surface area contributed by atoms with Gasteiger partial charge in [-0.2, -0.15) is 0 Å². The van der Waals surface area contributed by atoms with Crippen molar-refractivity contribution in [3.8, 4) is 0 Å². The zero-order valence-corrected chi connectivity index (χ0v) is 10.7. The molecule has 1 amide bonds. The number of carbonyl (C=O) groups is 2. The van der Waals surface area contributed by atoms with E-state index in [0.717, 1.165) is 29.2 Å². The fourth-order valence-electron chi connectivity index (χ4n) is 1.90. The maximum absolute atomic E-state index is 11.2. The van der Waals surface area contributed by atoms with Gasteiger partial charge in [0, 0.05) is 26.2 Å². The highest BCUT2D eigenvalue weighted by Gasteiger charge is 2.12. The topological polar surface area (TPSA) is 83.4 Å². The number of amides is 1. The van der Waals surface area contributed by atoms with Crippen LogP contribution in [0.5, 0.6) is 0 Å². The van der Waals surface area contributed by atoms with Crippen molar-refractivity contribution in [3.05, 3.63) is 16.9 Å². The van der Waals surface area contributed by atoms with Crippen LogP contribution in [-0.4, -0.2) is 31.8 Å². The van der Waals surface area contributed by atoms with Crippen molar-refractivity contribution < 1.29 is 14.0 Å². The number of hydrogen-bond donors (Lipinski definition) is 3. The van der Waals surface area contributed by atoms with E-state index in [0.29, 0.717) is 12.8 Å². The molecule has 0 aliphatic carbocycles. The first kappa shape index (κ1) is 13.2. The van der Waals surface area contributed by atoms with Gasteiger partial charge in [0.1, 0.15) is 18.0 Å². The van der Waals surface area contributed by atoms with Crippen molar-refractivity contribution in [1.82, 2.24) is 10.6 Å². The van der Waals surface area contributed by atoms with E-state index in [1.807, 2.05) is 12.3 Å². The van der Waals surface area contributed by atoms with Gasteiger partial charge in [0.05, 0.1) is 16.9 Å². The third-order valence-electron chi connectivity index (χ3n) is 2.98. The summed E-state index contributed by atoms with van der Waals surface area (Å²) in [4.78, 5) is 22.2. The molecule has 6 heteroatoms. The smallest absolute Gasteiger partial charge is 0.219 e. The van der Waals surface area contributed by atoms with E-state index in [1.54, 1.807) is 13.3 Å². The molecule has 2 rings (SSSR count). The van der Waals surface area contributed by atoms with Crippen LogP contribution in [-0.2, 0) is 9.59 Å². The van der Waals surface area contributed by atoms with Gasteiger partial charge in [-0.05, 0) is 12.5 Å². The molecule has 0 saturated carbocycles. The van der Waals surface area contributed by atoms with Crippen LogP contribution in [0.1, 0.15) is 12.8 Å². The Bertz CT molecular complexity index is 576. The fourth-order valence-corrected chi connectivity index (χ4v) is 1.90. The third kappa shape index (κ3) is 3.15. The summed E-state index contributed by atoms with van der Waals surface area (Å²) in [6.07, 6.45) is 6.92. The SMILES string of the molecule is CNC(=O)CCC(C=O)Nc1coc2c1=CNCC=2. The molecule has 0 fully saturated rings. The van der Waals surface area contributed by atoms with Gasteiger partial charge in [-0.25, -0.2) is 0 Å².